The molecular formula is C17H27N3O2S. The number of amides is 1. The normalized spacial score (nSPS) is 26.2. The van der Waals surface area contributed by atoms with E-state index in [4.69, 9.17) is 4.74 Å². The Morgan fingerprint density at radius 1 is 1.30 bits per heavy atom. The second-order valence-corrected chi connectivity index (χ2v) is 8.06. The van der Waals surface area contributed by atoms with Gasteiger partial charge in [-0.1, -0.05) is 20.8 Å². The Labute approximate surface area is 142 Å². The number of ether oxygens (including phenoxy) is 1. The van der Waals surface area contributed by atoms with Gasteiger partial charge in [-0.15, -0.1) is 11.3 Å². The Bertz CT molecular complexity index is 566. The highest BCUT2D eigenvalue weighted by Crippen LogP contribution is 2.29. The number of hydrogen-bond donors (Lipinski definition) is 0. The summed E-state index contributed by atoms with van der Waals surface area (Å²) >= 11 is 1.56. The van der Waals surface area contributed by atoms with Crippen molar-refractivity contribution >= 4 is 17.2 Å². The Hall–Kier alpha value is -0.980. The number of aromatic nitrogens is 1. The summed E-state index contributed by atoms with van der Waals surface area (Å²) in [6.45, 7) is 13.7. The zero-order valence-corrected chi connectivity index (χ0v) is 15.4. The molecule has 0 spiro atoms. The molecule has 1 aromatic rings. The van der Waals surface area contributed by atoms with E-state index < -0.39 is 0 Å². The van der Waals surface area contributed by atoms with Crippen molar-refractivity contribution in [2.24, 2.45) is 5.92 Å². The molecule has 6 heteroatoms. The monoisotopic (exact) mass is 337 g/mol. The van der Waals surface area contributed by atoms with Crippen LogP contribution in [0.25, 0.3) is 0 Å². The van der Waals surface area contributed by atoms with E-state index >= 15 is 0 Å². The number of carbonyl (C=O) groups excluding carboxylic acids is 1. The van der Waals surface area contributed by atoms with E-state index in [2.05, 4.69) is 30.7 Å². The summed E-state index contributed by atoms with van der Waals surface area (Å²) in [5, 5.41) is 1.06. The molecule has 1 amide bonds. The van der Waals surface area contributed by atoms with Crippen molar-refractivity contribution in [1.29, 1.82) is 0 Å². The zero-order valence-electron chi connectivity index (χ0n) is 14.5. The maximum atomic E-state index is 12.9. The van der Waals surface area contributed by atoms with E-state index in [0.29, 0.717) is 17.9 Å². The van der Waals surface area contributed by atoms with Crippen LogP contribution in [0.2, 0.25) is 0 Å². The molecule has 2 atom stereocenters. The predicted molar refractivity (Wildman–Crippen MR) is 92.2 cm³/mol. The molecule has 0 radical (unpaired) electrons. The number of morpholine rings is 1. The molecule has 23 heavy (non-hydrogen) atoms. The third kappa shape index (κ3) is 3.44. The average molecular weight is 337 g/mol. The fourth-order valence-electron chi connectivity index (χ4n) is 3.51. The molecule has 0 bridgehead atoms. The average Bonchev–Trinajstić information content (AvgIpc) is 3.11. The van der Waals surface area contributed by atoms with Crippen LogP contribution in [0.3, 0.4) is 0 Å². The van der Waals surface area contributed by atoms with Crippen LogP contribution >= 0.6 is 11.3 Å². The molecule has 3 rings (SSSR count). The Morgan fingerprint density at radius 2 is 2.00 bits per heavy atom. The molecule has 0 aromatic carbocycles. The van der Waals surface area contributed by atoms with E-state index in [-0.39, 0.29) is 5.91 Å². The highest BCUT2D eigenvalue weighted by Gasteiger charge is 2.37. The molecule has 2 saturated heterocycles. The third-order valence-electron chi connectivity index (χ3n) is 4.88. The summed E-state index contributed by atoms with van der Waals surface area (Å²) in [6.07, 6.45) is 0. The van der Waals surface area contributed by atoms with Crippen LogP contribution in [-0.4, -0.2) is 66.1 Å². The fourth-order valence-corrected chi connectivity index (χ4v) is 4.54. The summed E-state index contributed by atoms with van der Waals surface area (Å²) in [7, 11) is 0. The van der Waals surface area contributed by atoms with Crippen LogP contribution in [0.15, 0.2) is 0 Å². The maximum Gasteiger partial charge on any atom is 0.265 e. The van der Waals surface area contributed by atoms with Gasteiger partial charge >= 0.3 is 0 Å². The zero-order chi connectivity index (χ0) is 16.6. The number of carbonyl (C=O) groups is 1. The van der Waals surface area contributed by atoms with Crippen LogP contribution in [0.4, 0.5) is 0 Å². The molecule has 2 fully saturated rings. The van der Waals surface area contributed by atoms with Crippen LogP contribution in [0, 0.1) is 12.8 Å². The van der Waals surface area contributed by atoms with E-state index in [1.165, 1.54) is 0 Å². The minimum Gasteiger partial charge on any atom is -0.379 e. The van der Waals surface area contributed by atoms with Gasteiger partial charge in [0.05, 0.1) is 23.9 Å². The van der Waals surface area contributed by atoms with Crippen LogP contribution in [0.5, 0.6) is 0 Å². The first-order chi connectivity index (χ1) is 11.0. The van der Waals surface area contributed by atoms with Gasteiger partial charge in [-0.2, -0.15) is 0 Å². The van der Waals surface area contributed by atoms with Crippen molar-refractivity contribution in [2.75, 3.05) is 39.4 Å². The second kappa shape index (κ2) is 6.87. The van der Waals surface area contributed by atoms with E-state index in [1.807, 2.05) is 11.8 Å². The van der Waals surface area contributed by atoms with Gasteiger partial charge in [0.1, 0.15) is 4.88 Å². The molecule has 3 heterocycles. The number of nitrogens with zero attached hydrogens (tertiary/aromatic N) is 3. The molecule has 5 nitrogen and oxygen atoms in total. The number of likely N-dealkylation sites (tertiary alicyclic amines) is 1. The predicted octanol–water partition coefficient (Wildman–Crippen LogP) is 2.37. The molecular weight excluding hydrogens is 310 g/mol. The van der Waals surface area contributed by atoms with Crippen LogP contribution in [-0.2, 0) is 4.74 Å². The number of thiazole rings is 1. The van der Waals surface area contributed by atoms with Crippen molar-refractivity contribution in [2.45, 2.75) is 39.7 Å². The maximum absolute atomic E-state index is 12.9. The molecule has 2 aliphatic rings. The van der Waals surface area contributed by atoms with Crippen molar-refractivity contribution in [3.63, 3.8) is 0 Å². The van der Waals surface area contributed by atoms with Crippen molar-refractivity contribution < 1.29 is 9.53 Å². The molecule has 0 N–H and O–H groups in total. The number of rotatable bonds is 3. The number of aryl methyl sites for hydroxylation is 1. The van der Waals surface area contributed by atoms with E-state index in [1.54, 1.807) is 11.3 Å². The van der Waals surface area contributed by atoms with Crippen molar-refractivity contribution in [3.8, 4) is 0 Å². The van der Waals surface area contributed by atoms with Crippen molar-refractivity contribution in [1.82, 2.24) is 14.8 Å². The lowest BCUT2D eigenvalue weighted by Crippen LogP contribution is -2.47. The summed E-state index contributed by atoms with van der Waals surface area (Å²) < 4.78 is 5.45. The molecule has 0 aliphatic carbocycles. The Balaban J connectivity index is 1.71. The summed E-state index contributed by atoms with van der Waals surface area (Å²) in [5.41, 5.74) is 0.881. The highest BCUT2D eigenvalue weighted by atomic mass is 32.1. The number of hydrogen-bond acceptors (Lipinski definition) is 5. The lowest BCUT2D eigenvalue weighted by atomic mass is 10.0. The van der Waals surface area contributed by atoms with Gasteiger partial charge in [-0.25, -0.2) is 4.98 Å². The Kier molecular flexibility index (Phi) is 5.04. The smallest absolute Gasteiger partial charge is 0.265 e. The molecule has 1 aromatic heterocycles. The van der Waals surface area contributed by atoms with Crippen molar-refractivity contribution in [3.05, 3.63) is 15.6 Å². The molecule has 128 valence electrons. The van der Waals surface area contributed by atoms with E-state index in [0.717, 1.165) is 55.0 Å². The third-order valence-corrected chi connectivity index (χ3v) is 6.32. The van der Waals surface area contributed by atoms with Gasteiger partial charge in [-0.05, 0) is 12.8 Å². The minimum absolute atomic E-state index is 0.162. The standard InChI is InChI=1S/C17H27N3O2S/c1-11(2)16-18-13(4)15(23-16)17(21)20-9-12(3)14(10-20)19-5-7-22-8-6-19/h11-12,14H,5-10H2,1-4H3/t12-,14+/m0/s1. The quantitative estimate of drug-likeness (QED) is 0.849. The van der Waals surface area contributed by atoms with Crippen LogP contribution in [0.1, 0.15) is 47.1 Å². The summed E-state index contributed by atoms with van der Waals surface area (Å²) in [6, 6.07) is 0.459. The minimum atomic E-state index is 0.162. The molecule has 2 aliphatic heterocycles. The van der Waals surface area contributed by atoms with Gasteiger partial charge in [0.25, 0.3) is 5.91 Å². The lowest BCUT2D eigenvalue weighted by molar-refractivity contribution is 0.0119. The van der Waals surface area contributed by atoms with Gasteiger partial charge in [0.2, 0.25) is 0 Å². The summed E-state index contributed by atoms with van der Waals surface area (Å²) in [5.74, 6) is 1.04. The first-order valence-corrected chi connectivity index (χ1v) is 9.37. The molecule has 0 unspecified atom stereocenters. The van der Waals surface area contributed by atoms with Crippen LogP contribution < -0.4 is 0 Å². The lowest BCUT2D eigenvalue weighted by Gasteiger charge is -2.33. The largest absolute Gasteiger partial charge is 0.379 e. The molecule has 0 saturated carbocycles. The fraction of sp³-hybridized carbons (Fsp3) is 0.765. The second-order valence-electron chi connectivity index (χ2n) is 7.02. The topological polar surface area (TPSA) is 45.7 Å². The van der Waals surface area contributed by atoms with Gasteiger partial charge in [0, 0.05) is 38.1 Å². The summed E-state index contributed by atoms with van der Waals surface area (Å²) in [4.78, 5) is 22.8. The SMILES string of the molecule is Cc1nc(C(C)C)sc1C(=O)N1C[C@@H](N2CCOCC2)[C@@H](C)C1. The Morgan fingerprint density at radius 3 is 2.61 bits per heavy atom. The van der Waals surface area contributed by atoms with E-state index in [9.17, 15) is 4.79 Å². The first kappa shape index (κ1) is 16.9. The van der Waals surface area contributed by atoms with Gasteiger partial charge in [0.15, 0.2) is 0 Å². The van der Waals surface area contributed by atoms with Gasteiger partial charge in [-0.3, -0.25) is 9.69 Å². The van der Waals surface area contributed by atoms with Gasteiger partial charge < -0.3 is 9.64 Å². The highest BCUT2D eigenvalue weighted by molar-refractivity contribution is 7.13. The first-order valence-electron chi connectivity index (χ1n) is 8.55.